The van der Waals surface area contributed by atoms with Crippen molar-refractivity contribution in [3.63, 3.8) is 0 Å². The quantitative estimate of drug-likeness (QED) is 0.421. The van der Waals surface area contributed by atoms with Gasteiger partial charge in [-0.3, -0.25) is 0 Å². The average molecular weight is 439 g/mol. The number of aliphatic hydroxyl groups is 1. The molecule has 9 nitrogen and oxygen atoms in total. The topological polar surface area (TPSA) is 95.5 Å². The predicted molar refractivity (Wildman–Crippen MR) is 121 cm³/mol. The van der Waals surface area contributed by atoms with Crippen molar-refractivity contribution in [1.82, 2.24) is 29.7 Å². The van der Waals surface area contributed by atoms with E-state index < -0.39 is 12.0 Å². The molecule has 0 bridgehead atoms. The maximum atomic E-state index is 14.4. The van der Waals surface area contributed by atoms with Crippen molar-refractivity contribution in [1.29, 1.82) is 0 Å². The number of fused-ring (bicyclic) bond motifs is 2. The lowest BCUT2D eigenvalue weighted by atomic mass is 10.1. The summed E-state index contributed by atoms with van der Waals surface area (Å²) in [4.78, 5) is 6.49. The van der Waals surface area contributed by atoms with Crippen LogP contribution in [0.3, 0.4) is 0 Å². The Labute approximate surface area is 184 Å². The molecule has 1 aliphatic heterocycles. The van der Waals surface area contributed by atoms with E-state index in [-0.39, 0.29) is 5.65 Å². The van der Waals surface area contributed by atoms with Crippen LogP contribution in [0.1, 0.15) is 31.3 Å². The molecule has 0 saturated carbocycles. The first kappa shape index (κ1) is 20.7. The van der Waals surface area contributed by atoms with Crippen molar-refractivity contribution in [3.8, 4) is 0 Å². The monoisotopic (exact) mass is 438 g/mol. The minimum absolute atomic E-state index is 0.252. The minimum atomic E-state index is -1.09. The molecule has 0 spiro atoms. The van der Waals surface area contributed by atoms with E-state index in [1.165, 1.54) is 6.07 Å². The molecule has 1 saturated heterocycles. The van der Waals surface area contributed by atoms with Crippen LogP contribution in [0.5, 0.6) is 0 Å². The third-order valence-corrected chi connectivity index (χ3v) is 5.89. The van der Waals surface area contributed by atoms with Gasteiger partial charge in [0.15, 0.2) is 17.7 Å². The van der Waals surface area contributed by atoms with Crippen LogP contribution in [0.4, 0.5) is 15.8 Å². The van der Waals surface area contributed by atoms with Gasteiger partial charge in [-0.05, 0) is 26.8 Å². The lowest BCUT2D eigenvalue weighted by Gasteiger charge is -2.38. The third kappa shape index (κ3) is 3.55. The van der Waals surface area contributed by atoms with Crippen LogP contribution in [-0.4, -0.2) is 54.7 Å². The molecule has 3 aromatic heterocycles. The second-order valence-corrected chi connectivity index (χ2v) is 8.69. The molecule has 3 atom stereocenters. The standard InChI is InChI=1S/C22H27FN8O/c1-12-8-30(9-13(2)24-12)18-6-5-16(19-20(18)29(4)28-27-19)22(32)26-15-7-17(23)21-25-14(3)10-31(21)11-15/h5-7,10-13,22,24,26,32H,8-9H2,1-4H3/t12-,13+,22?. The van der Waals surface area contributed by atoms with E-state index in [1.807, 2.05) is 19.2 Å². The van der Waals surface area contributed by atoms with Gasteiger partial charge in [-0.25, -0.2) is 14.1 Å². The first-order valence-corrected chi connectivity index (χ1v) is 10.7. The number of nitrogens with one attached hydrogen (secondary N) is 2. The van der Waals surface area contributed by atoms with Gasteiger partial charge < -0.3 is 25.0 Å². The van der Waals surface area contributed by atoms with E-state index in [0.717, 1.165) is 30.0 Å². The Morgan fingerprint density at radius 1 is 1.22 bits per heavy atom. The predicted octanol–water partition coefficient (Wildman–Crippen LogP) is 2.35. The molecule has 168 valence electrons. The number of pyridine rings is 1. The van der Waals surface area contributed by atoms with E-state index in [1.54, 1.807) is 28.4 Å². The van der Waals surface area contributed by atoms with Crippen molar-refractivity contribution in [2.75, 3.05) is 23.3 Å². The average Bonchev–Trinajstić information content (AvgIpc) is 3.29. The van der Waals surface area contributed by atoms with Crippen molar-refractivity contribution in [2.24, 2.45) is 7.05 Å². The molecule has 32 heavy (non-hydrogen) atoms. The maximum Gasteiger partial charge on any atom is 0.173 e. The molecule has 0 amide bonds. The maximum absolute atomic E-state index is 14.4. The molecule has 1 aliphatic rings. The number of anilines is 2. The van der Waals surface area contributed by atoms with Crippen LogP contribution in [0.15, 0.2) is 30.6 Å². The fraction of sp³-hybridized carbons (Fsp3) is 0.409. The van der Waals surface area contributed by atoms with Crippen LogP contribution in [0.25, 0.3) is 16.7 Å². The number of rotatable bonds is 4. The lowest BCUT2D eigenvalue weighted by Crippen LogP contribution is -2.54. The van der Waals surface area contributed by atoms with Crippen molar-refractivity contribution in [2.45, 2.75) is 39.1 Å². The summed E-state index contributed by atoms with van der Waals surface area (Å²) in [6.45, 7) is 7.88. The van der Waals surface area contributed by atoms with E-state index in [9.17, 15) is 9.50 Å². The number of hydrogen-bond donors (Lipinski definition) is 3. The molecule has 0 radical (unpaired) electrons. The summed E-state index contributed by atoms with van der Waals surface area (Å²) in [6, 6.07) is 5.91. The second-order valence-electron chi connectivity index (χ2n) is 8.69. The molecule has 10 heteroatoms. The number of aliphatic hydroxyl groups excluding tert-OH is 1. The summed E-state index contributed by atoms with van der Waals surface area (Å²) in [6.07, 6.45) is 2.35. The zero-order valence-corrected chi connectivity index (χ0v) is 18.5. The molecule has 4 aromatic rings. The number of hydrogen-bond acceptors (Lipinski definition) is 7. The third-order valence-electron chi connectivity index (χ3n) is 5.89. The van der Waals surface area contributed by atoms with Gasteiger partial charge in [-0.15, -0.1) is 5.10 Å². The smallest absolute Gasteiger partial charge is 0.173 e. The van der Waals surface area contributed by atoms with Crippen LogP contribution in [-0.2, 0) is 7.05 Å². The first-order valence-electron chi connectivity index (χ1n) is 10.7. The number of imidazole rings is 1. The zero-order chi connectivity index (χ0) is 22.6. The molecule has 4 heterocycles. The van der Waals surface area contributed by atoms with Gasteiger partial charge in [-0.1, -0.05) is 11.3 Å². The molecular formula is C22H27FN8O. The largest absolute Gasteiger partial charge is 0.369 e. The van der Waals surface area contributed by atoms with Crippen molar-refractivity contribution >= 4 is 28.1 Å². The summed E-state index contributed by atoms with van der Waals surface area (Å²) in [5.74, 6) is -0.461. The Morgan fingerprint density at radius 3 is 2.72 bits per heavy atom. The van der Waals surface area contributed by atoms with Crippen LogP contribution in [0.2, 0.25) is 0 Å². The summed E-state index contributed by atoms with van der Waals surface area (Å²) in [5, 5.41) is 26.0. The van der Waals surface area contributed by atoms with Crippen LogP contribution in [0, 0.1) is 12.7 Å². The number of benzene rings is 1. The Hall–Kier alpha value is -3.24. The van der Waals surface area contributed by atoms with Gasteiger partial charge in [-0.2, -0.15) is 0 Å². The van der Waals surface area contributed by atoms with E-state index in [2.05, 4.69) is 44.7 Å². The number of piperazine rings is 1. The Bertz CT molecular complexity index is 1290. The van der Waals surface area contributed by atoms with E-state index in [4.69, 9.17) is 0 Å². The van der Waals surface area contributed by atoms with Gasteiger partial charge in [0.25, 0.3) is 0 Å². The normalized spacial score (nSPS) is 20.2. The lowest BCUT2D eigenvalue weighted by molar-refractivity contribution is 0.209. The highest BCUT2D eigenvalue weighted by molar-refractivity contribution is 5.91. The first-order chi connectivity index (χ1) is 15.3. The highest BCUT2D eigenvalue weighted by Crippen LogP contribution is 2.32. The molecule has 5 rings (SSSR count). The Balaban J connectivity index is 1.49. The van der Waals surface area contributed by atoms with Crippen LogP contribution < -0.4 is 15.5 Å². The van der Waals surface area contributed by atoms with Gasteiger partial charge in [0.2, 0.25) is 0 Å². The molecule has 0 aliphatic carbocycles. The Morgan fingerprint density at radius 2 is 1.97 bits per heavy atom. The van der Waals surface area contributed by atoms with E-state index in [0.29, 0.717) is 28.9 Å². The number of nitrogens with zero attached hydrogens (tertiary/aromatic N) is 6. The van der Waals surface area contributed by atoms with Gasteiger partial charge in [0.05, 0.1) is 17.1 Å². The van der Waals surface area contributed by atoms with Crippen molar-refractivity contribution in [3.05, 3.63) is 47.7 Å². The molecule has 1 aromatic carbocycles. The summed E-state index contributed by atoms with van der Waals surface area (Å²) in [5.41, 5.74) is 4.49. The second kappa shape index (κ2) is 7.72. The fourth-order valence-electron chi connectivity index (χ4n) is 4.66. The molecule has 3 N–H and O–H groups in total. The van der Waals surface area contributed by atoms with Gasteiger partial charge in [0.1, 0.15) is 11.0 Å². The fourth-order valence-corrected chi connectivity index (χ4v) is 4.66. The molecular weight excluding hydrogens is 411 g/mol. The van der Waals surface area contributed by atoms with E-state index >= 15 is 0 Å². The highest BCUT2D eigenvalue weighted by Gasteiger charge is 2.26. The van der Waals surface area contributed by atoms with Gasteiger partial charge in [0, 0.05) is 56.2 Å². The summed E-state index contributed by atoms with van der Waals surface area (Å²) in [7, 11) is 1.85. The summed E-state index contributed by atoms with van der Waals surface area (Å²) < 4.78 is 17.8. The highest BCUT2D eigenvalue weighted by atomic mass is 19.1. The summed E-state index contributed by atoms with van der Waals surface area (Å²) >= 11 is 0. The molecule has 1 fully saturated rings. The zero-order valence-electron chi connectivity index (χ0n) is 18.5. The van der Waals surface area contributed by atoms with Gasteiger partial charge >= 0.3 is 0 Å². The number of aromatic nitrogens is 5. The van der Waals surface area contributed by atoms with Crippen LogP contribution >= 0.6 is 0 Å². The minimum Gasteiger partial charge on any atom is -0.369 e. The Kier molecular flexibility index (Phi) is 4.98. The molecule has 1 unspecified atom stereocenters. The SMILES string of the molecule is Cc1cn2cc(NC(O)c3ccc(N4C[C@@H](C)N[C@@H](C)C4)c4c3nnn4C)cc(F)c2n1. The van der Waals surface area contributed by atoms with Crippen molar-refractivity contribution < 1.29 is 9.50 Å². The number of halogens is 1. The number of aryl methyl sites for hydroxylation is 2.